The highest BCUT2D eigenvalue weighted by Gasteiger charge is 2.12. The molecule has 2 N–H and O–H groups in total. The van der Waals surface area contributed by atoms with Crippen LogP contribution < -0.4 is 5.73 Å². The third-order valence-electron chi connectivity index (χ3n) is 2.67. The fraction of sp³-hybridized carbons (Fsp3) is 0.643. The summed E-state index contributed by atoms with van der Waals surface area (Å²) in [5.41, 5.74) is 8.30. The number of hydrogen-bond acceptors (Lipinski definition) is 3. The van der Waals surface area contributed by atoms with E-state index in [1.807, 2.05) is 19.4 Å². The van der Waals surface area contributed by atoms with Crippen molar-refractivity contribution in [2.45, 2.75) is 39.8 Å². The molecule has 1 unspecified atom stereocenters. The lowest BCUT2D eigenvalue weighted by Gasteiger charge is -2.16. The molecule has 0 aromatic carbocycles. The van der Waals surface area contributed by atoms with Gasteiger partial charge in [0.1, 0.15) is 0 Å². The van der Waals surface area contributed by atoms with Crippen LogP contribution in [0.2, 0.25) is 0 Å². The number of rotatable bonds is 8. The third-order valence-corrected chi connectivity index (χ3v) is 2.67. The van der Waals surface area contributed by atoms with Gasteiger partial charge in [-0.15, -0.1) is 0 Å². The van der Waals surface area contributed by atoms with Crippen molar-refractivity contribution in [3.63, 3.8) is 0 Å². The molecule has 1 atom stereocenters. The normalized spacial score (nSPS) is 12.9. The molecule has 0 fully saturated rings. The Balaban J connectivity index is 2.46. The lowest BCUT2D eigenvalue weighted by atomic mass is 10.0. The maximum atomic E-state index is 6.18. The Labute approximate surface area is 110 Å². The Hall–Kier alpha value is -1.13. The topological polar surface area (TPSA) is 53.1 Å². The van der Waals surface area contributed by atoms with E-state index in [1.165, 1.54) is 0 Å². The highest BCUT2D eigenvalue weighted by molar-refractivity contribution is 5.04. The molecule has 4 nitrogen and oxygen atoms in total. The summed E-state index contributed by atoms with van der Waals surface area (Å²) in [4.78, 5) is 4.17. The van der Waals surface area contributed by atoms with Crippen LogP contribution in [0.1, 0.15) is 38.9 Å². The Kier molecular flexibility index (Phi) is 6.09. The van der Waals surface area contributed by atoms with Crippen molar-refractivity contribution in [3.8, 4) is 0 Å². The monoisotopic (exact) mass is 251 g/mol. The van der Waals surface area contributed by atoms with Gasteiger partial charge in [-0.3, -0.25) is 0 Å². The maximum Gasteiger partial charge on any atom is 0.0949 e. The van der Waals surface area contributed by atoms with Gasteiger partial charge in [0.05, 0.1) is 25.2 Å². The van der Waals surface area contributed by atoms with E-state index in [4.69, 9.17) is 10.5 Å². The summed E-state index contributed by atoms with van der Waals surface area (Å²) in [6, 6.07) is 0.0497. The van der Waals surface area contributed by atoms with Crippen molar-refractivity contribution in [3.05, 3.63) is 30.4 Å². The maximum absolute atomic E-state index is 6.18. The van der Waals surface area contributed by atoms with Crippen molar-refractivity contribution in [2.75, 3.05) is 13.2 Å². The molecule has 0 saturated heterocycles. The third kappa shape index (κ3) is 5.02. The van der Waals surface area contributed by atoms with Crippen LogP contribution in [0.15, 0.2) is 24.7 Å². The van der Waals surface area contributed by atoms with E-state index >= 15 is 0 Å². The van der Waals surface area contributed by atoms with Gasteiger partial charge in [-0.25, -0.2) is 4.98 Å². The minimum Gasteiger partial charge on any atom is -0.375 e. The zero-order valence-electron chi connectivity index (χ0n) is 11.7. The van der Waals surface area contributed by atoms with Crippen LogP contribution in [0.5, 0.6) is 0 Å². The summed E-state index contributed by atoms with van der Waals surface area (Å²) in [5, 5.41) is 0. The first-order valence-corrected chi connectivity index (χ1v) is 6.48. The van der Waals surface area contributed by atoms with Gasteiger partial charge in [0.15, 0.2) is 0 Å². The first kappa shape index (κ1) is 14.9. The highest BCUT2D eigenvalue weighted by Crippen LogP contribution is 2.18. The zero-order chi connectivity index (χ0) is 13.5. The standard InChI is InChI=1S/C14H25N3O/c1-11(2)7-13(15)14-8-16-10-17(14)5-6-18-9-12(3)4/h8,10-11,13H,3,5-7,9,15H2,1-2,4H3. The van der Waals surface area contributed by atoms with Gasteiger partial charge in [-0.05, 0) is 19.3 Å². The Bertz CT molecular complexity index is 371. The van der Waals surface area contributed by atoms with Crippen molar-refractivity contribution in [2.24, 2.45) is 11.7 Å². The van der Waals surface area contributed by atoms with E-state index < -0.39 is 0 Å². The van der Waals surface area contributed by atoms with Crippen molar-refractivity contribution >= 4 is 0 Å². The molecule has 1 rings (SSSR count). The largest absolute Gasteiger partial charge is 0.375 e. The molecule has 0 aliphatic heterocycles. The molecular weight excluding hydrogens is 226 g/mol. The summed E-state index contributed by atoms with van der Waals surface area (Å²) in [5.74, 6) is 0.586. The smallest absolute Gasteiger partial charge is 0.0949 e. The van der Waals surface area contributed by atoms with Crippen LogP contribution in [-0.2, 0) is 11.3 Å². The average molecular weight is 251 g/mol. The number of nitrogens with zero attached hydrogens (tertiary/aromatic N) is 2. The minimum atomic E-state index is 0.0497. The molecule has 0 amide bonds. The number of ether oxygens (including phenoxy) is 1. The summed E-state index contributed by atoms with van der Waals surface area (Å²) in [6.45, 7) is 12.2. The fourth-order valence-electron chi connectivity index (χ4n) is 1.86. The molecule has 4 heteroatoms. The quantitative estimate of drug-likeness (QED) is 0.570. The second-order valence-electron chi connectivity index (χ2n) is 5.26. The van der Waals surface area contributed by atoms with Crippen molar-refractivity contribution < 1.29 is 4.74 Å². The molecule has 1 heterocycles. The molecule has 0 aliphatic rings. The lowest BCUT2D eigenvalue weighted by molar-refractivity contribution is 0.146. The first-order chi connectivity index (χ1) is 8.50. The Morgan fingerprint density at radius 1 is 1.56 bits per heavy atom. The van der Waals surface area contributed by atoms with Gasteiger partial charge in [-0.2, -0.15) is 0 Å². The molecule has 1 aromatic heterocycles. The fourth-order valence-corrected chi connectivity index (χ4v) is 1.86. The van der Waals surface area contributed by atoms with Crippen molar-refractivity contribution in [1.82, 2.24) is 9.55 Å². The van der Waals surface area contributed by atoms with Crippen LogP contribution in [0.3, 0.4) is 0 Å². The van der Waals surface area contributed by atoms with Gasteiger partial charge >= 0.3 is 0 Å². The number of nitrogens with two attached hydrogens (primary N) is 1. The van der Waals surface area contributed by atoms with Crippen LogP contribution in [-0.4, -0.2) is 22.8 Å². The molecule has 102 valence electrons. The molecule has 0 saturated carbocycles. The molecule has 1 aromatic rings. The average Bonchev–Trinajstić information content (AvgIpc) is 2.71. The highest BCUT2D eigenvalue weighted by atomic mass is 16.5. The van der Waals surface area contributed by atoms with E-state index in [1.54, 1.807) is 0 Å². The molecular formula is C14H25N3O. The van der Waals surface area contributed by atoms with E-state index in [9.17, 15) is 0 Å². The minimum absolute atomic E-state index is 0.0497. The second-order valence-corrected chi connectivity index (χ2v) is 5.26. The molecule has 0 radical (unpaired) electrons. The van der Waals surface area contributed by atoms with Crippen molar-refractivity contribution in [1.29, 1.82) is 0 Å². The lowest BCUT2D eigenvalue weighted by Crippen LogP contribution is -2.18. The number of hydrogen-bond donors (Lipinski definition) is 1. The Morgan fingerprint density at radius 3 is 2.89 bits per heavy atom. The van der Waals surface area contributed by atoms with Crippen LogP contribution in [0.25, 0.3) is 0 Å². The summed E-state index contributed by atoms with van der Waals surface area (Å²) in [6.07, 6.45) is 4.64. The van der Waals surface area contributed by atoms with Gasteiger partial charge in [0, 0.05) is 18.8 Å². The van der Waals surface area contributed by atoms with E-state index in [0.717, 1.165) is 24.2 Å². The molecule has 0 bridgehead atoms. The predicted octanol–water partition coefficient (Wildman–Crippen LogP) is 2.52. The van der Waals surface area contributed by atoms with Gasteiger partial charge < -0.3 is 15.0 Å². The van der Waals surface area contributed by atoms with E-state index in [2.05, 4.69) is 30.0 Å². The van der Waals surface area contributed by atoms with Gasteiger partial charge in [0.2, 0.25) is 0 Å². The van der Waals surface area contributed by atoms with Crippen LogP contribution in [0.4, 0.5) is 0 Å². The number of aromatic nitrogens is 2. The number of imidazole rings is 1. The SMILES string of the molecule is C=C(C)COCCn1cncc1C(N)CC(C)C. The molecule has 0 spiro atoms. The predicted molar refractivity (Wildman–Crippen MR) is 74.2 cm³/mol. The van der Waals surface area contributed by atoms with Crippen LogP contribution >= 0.6 is 0 Å². The summed E-state index contributed by atoms with van der Waals surface area (Å²) in [7, 11) is 0. The second kappa shape index (κ2) is 7.34. The molecule has 18 heavy (non-hydrogen) atoms. The summed E-state index contributed by atoms with van der Waals surface area (Å²) >= 11 is 0. The Morgan fingerprint density at radius 2 is 2.28 bits per heavy atom. The van der Waals surface area contributed by atoms with Crippen LogP contribution in [0, 0.1) is 5.92 Å². The van der Waals surface area contributed by atoms with Gasteiger partial charge in [0.25, 0.3) is 0 Å². The van der Waals surface area contributed by atoms with E-state index in [0.29, 0.717) is 19.1 Å². The molecule has 0 aliphatic carbocycles. The van der Waals surface area contributed by atoms with Gasteiger partial charge in [-0.1, -0.05) is 26.0 Å². The zero-order valence-corrected chi connectivity index (χ0v) is 11.7. The van der Waals surface area contributed by atoms with E-state index in [-0.39, 0.29) is 6.04 Å². The summed E-state index contributed by atoms with van der Waals surface area (Å²) < 4.78 is 7.57. The first-order valence-electron chi connectivity index (χ1n) is 6.48.